The minimum absolute atomic E-state index is 0.00239. The van der Waals surface area contributed by atoms with Crippen LogP contribution in [0.4, 0.5) is 0 Å². The van der Waals surface area contributed by atoms with Crippen LogP contribution in [0.15, 0.2) is 54.6 Å². The molecule has 2 saturated heterocycles. The number of fused-ring (bicyclic) bond motifs is 1. The number of phosphoric ester groups is 1. The van der Waals surface area contributed by atoms with E-state index in [1.54, 1.807) is 17.0 Å². The standard InChI is InChI=1S/C32H42N5O9P/c33-28(38)18-16-25(30(40)34-20-22-6-2-1-3-7-22)36-31(41)27-17-13-23-8-4-5-9-26(32(42)37(23)27)35-29(39)19-12-21-10-14-24(15-11-21)46-47(43,44)45/h1-3,6-7,10-11,14-15,23,25-27H,4-5,8-9,12-13,16-20H2,(H2,33,38)(H,34,40)(H,35,39)(H,36,41)(H2,43,44,45)/t23-,25-,26?,27?/m0/s1. The van der Waals surface area contributed by atoms with Crippen molar-refractivity contribution >= 4 is 37.4 Å². The fourth-order valence-electron chi connectivity index (χ4n) is 6.03. The van der Waals surface area contributed by atoms with Crippen molar-refractivity contribution in [2.24, 2.45) is 5.73 Å². The van der Waals surface area contributed by atoms with Crippen LogP contribution >= 0.6 is 7.82 Å². The summed E-state index contributed by atoms with van der Waals surface area (Å²) in [7, 11) is -4.68. The molecule has 5 amide bonds. The van der Waals surface area contributed by atoms with Crippen LogP contribution in [-0.4, -0.2) is 68.4 Å². The summed E-state index contributed by atoms with van der Waals surface area (Å²) in [6.07, 6.45) is 3.98. The van der Waals surface area contributed by atoms with Gasteiger partial charge in [0.25, 0.3) is 0 Å². The molecule has 0 bridgehead atoms. The fraction of sp³-hybridized carbons (Fsp3) is 0.469. The molecule has 0 saturated carbocycles. The molecule has 0 radical (unpaired) electrons. The lowest BCUT2D eigenvalue weighted by Crippen LogP contribution is -2.58. The lowest BCUT2D eigenvalue weighted by Gasteiger charge is -2.35. The molecule has 2 aliphatic rings. The van der Waals surface area contributed by atoms with E-state index < -0.39 is 43.7 Å². The number of hydrogen-bond donors (Lipinski definition) is 6. The predicted octanol–water partition coefficient (Wildman–Crippen LogP) is 1.58. The number of amides is 5. The Labute approximate surface area is 273 Å². The molecule has 14 nitrogen and oxygen atoms in total. The lowest BCUT2D eigenvalue weighted by molar-refractivity contribution is -0.144. The van der Waals surface area contributed by atoms with Gasteiger partial charge >= 0.3 is 7.82 Å². The fourth-order valence-corrected chi connectivity index (χ4v) is 6.43. The number of aryl methyl sites for hydroxylation is 1. The maximum Gasteiger partial charge on any atom is 0.524 e. The second-order valence-electron chi connectivity index (χ2n) is 11.9. The Hall–Kier alpha value is -4.26. The zero-order chi connectivity index (χ0) is 34.0. The van der Waals surface area contributed by atoms with Crippen molar-refractivity contribution in [3.05, 3.63) is 65.7 Å². The second-order valence-corrected chi connectivity index (χ2v) is 13.1. The third kappa shape index (κ3) is 10.9. The third-order valence-corrected chi connectivity index (χ3v) is 8.83. The monoisotopic (exact) mass is 671 g/mol. The molecule has 2 fully saturated rings. The number of hydrogen-bond acceptors (Lipinski definition) is 7. The maximum absolute atomic E-state index is 13.9. The van der Waals surface area contributed by atoms with Gasteiger partial charge in [-0.15, -0.1) is 0 Å². The quantitative estimate of drug-likeness (QED) is 0.160. The average Bonchev–Trinajstić information content (AvgIpc) is 3.45. The van der Waals surface area contributed by atoms with Crippen molar-refractivity contribution in [3.8, 4) is 5.75 Å². The molecule has 0 spiro atoms. The molecule has 2 aliphatic heterocycles. The Balaban J connectivity index is 1.37. The minimum atomic E-state index is -4.68. The summed E-state index contributed by atoms with van der Waals surface area (Å²) in [5.74, 6) is -2.27. The van der Waals surface area contributed by atoms with Gasteiger partial charge in [0.05, 0.1) is 0 Å². The Morgan fingerprint density at radius 2 is 1.64 bits per heavy atom. The number of benzene rings is 2. The van der Waals surface area contributed by atoms with Gasteiger partial charge in [0.2, 0.25) is 29.5 Å². The highest BCUT2D eigenvalue weighted by Crippen LogP contribution is 2.37. The molecule has 47 heavy (non-hydrogen) atoms. The zero-order valence-corrected chi connectivity index (χ0v) is 26.9. The topological polar surface area (TPSA) is 217 Å². The summed E-state index contributed by atoms with van der Waals surface area (Å²) >= 11 is 0. The van der Waals surface area contributed by atoms with Crippen LogP contribution in [0.5, 0.6) is 5.75 Å². The average molecular weight is 672 g/mol. The van der Waals surface area contributed by atoms with Gasteiger partial charge in [-0.1, -0.05) is 55.3 Å². The highest BCUT2D eigenvalue weighted by Gasteiger charge is 2.44. The number of primary amides is 1. The third-order valence-electron chi connectivity index (χ3n) is 8.38. The molecule has 4 rings (SSSR count). The van der Waals surface area contributed by atoms with Crippen molar-refractivity contribution in [2.75, 3.05) is 0 Å². The van der Waals surface area contributed by atoms with Gasteiger partial charge in [-0.05, 0) is 61.8 Å². The number of carbonyl (C=O) groups excluding carboxylic acids is 5. The highest BCUT2D eigenvalue weighted by atomic mass is 31.2. The van der Waals surface area contributed by atoms with E-state index in [4.69, 9.17) is 15.5 Å². The van der Waals surface area contributed by atoms with Gasteiger partial charge in [-0.2, -0.15) is 0 Å². The van der Waals surface area contributed by atoms with Gasteiger partial charge in [-0.3, -0.25) is 33.8 Å². The summed E-state index contributed by atoms with van der Waals surface area (Å²) in [5, 5.41) is 8.39. The largest absolute Gasteiger partial charge is 0.524 e. The van der Waals surface area contributed by atoms with Crippen molar-refractivity contribution in [1.29, 1.82) is 0 Å². The van der Waals surface area contributed by atoms with Crippen LogP contribution in [0.3, 0.4) is 0 Å². The molecular formula is C32H42N5O9P. The molecule has 4 atom stereocenters. The van der Waals surface area contributed by atoms with E-state index in [0.29, 0.717) is 25.7 Å². The second kappa shape index (κ2) is 16.5. The number of nitrogens with zero attached hydrogens (tertiary/aromatic N) is 1. The first-order valence-electron chi connectivity index (χ1n) is 15.8. The number of phosphoric acid groups is 1. The molecule has 2 unspecified atom stereocenters. The molecule has 2 aromatic carbocycles. The Kier molecular flexibility index (Phi) is 12.5. The van der Waals surface area contributed by atoms with Gasteiger partial charge in [0, 0.05) is 25.4 Å². The van der Waals surface area contributed by atoms with Crippen LogP contribution in [-0.2, 0) is 41.5 Å². The Morgan fingerprint density at radius 1 is 0.936 bits per heavy atom. The van der Waals surface area contributed by atoms with Gasteiger partial charge < -0.3 is 31.1 Å². The number of rotatable bonds is 14. The van der Waals surface area contributed by atoms with Crippen molar-refractivity contribution in [3.63, 3.8) is 0 Å². The molecule has 2 heterocycles. The van der Waals surface area contributed by atoms with Crippen molar-refractivity contribution in [2.45, 2.75) is 94.9 Å². The summed E-state index contributed by atoms with van der Waals surface area (Å²) < 4.78 is 15.6. The van der Waals surface area contributed by atoms with Crippen LogP contribution in [0.2, 0.25) is 0 Å². The van der Waals surface area contributed by atoms with Gasteiger partial charge in [-0.25, -0.2) is 4.57 Å². The smallest absolute Gasteiger partial charge is 0.404 e. The van der Waals surface area contributed by atoms with E-state index in [1.807, 2.05) is 30.3 Å². The first kappa shape index (κ1) is 35.6. The first-order valence-corrected chi connectivity index (χ1v) is 17.3. The van der Waals surface area contributed by atoms with Gasteiger partial charge in [0.1, 0.15) is 23.9 Å². The van der Waals surface area contributed by atoms with Crippen molar-refractivity contribution < 1.29 is 42.8 Å². The number of nitrogens with two attached hydrogens (primary N) is 1. The van der Waals surface area contributed by atoms with Crippen molar-refractivity contribution in [1.82, 2.24) is 20.9 Å². The molecule has 0 aromatic heterocycles. The van der Waals surface area contributed by atoms with E-state index in [2.05, 4.69) is 20.5 Å². The van der Waals surface area contributed by atoms with Crippen LogP contribution < -0.4 is 26.2 Å². The molecule has 7 N–H and O–H groups in total. The molecule has 254 valence electrons. The number of carbonyl (C=O) groups is 5. The maximum atomic E-state index is 13.9. The highest BCUT2D eigenvalue weighted by molar-refractivity contribution is 7.46. The van der Waals surface area contributed by atoms with E-state index in [9.17, 15) is 28.5 Å². The van der Waals surface area contributed by atoms with Crippen LogP contribution in [0, 0.1) is 0 Å². The van der Waals surface area contributed by atoms with Crippen LogP contribution in [0.25, 0.3) is 0 Å². The zero-order valence-electron chi connectivity index (χ0n) is 26.0. The summed E-state index contributed by atoms with van der Waals surface area (Å²) in [6.45, 7) is 0.233. The Morgan fingerprint density at radius 3 is 2.32 bits per heavy atom. The minimum Gasteiger partial charge on any atom is -0.404 e. The number of nitrogens with one attached hydrogen (secondary N) is 3. The summed E-state index contributed by atoms with van der Waals surface area (Å²) in [6, 6.07) is 12.4. The molecule has 0 aliphatic carbocycles. The Bertz CT molecular complexity index is 1470. The normalized spacial score (nSPS) is 20.3. The first-order chi connectivity index (χ1) is 22.4. The molecule has 15 heteroatoms. The van der Waals surface area contributed by atoms with Crippen LogP contribution in [0.1, 0.15) is 68.9 Å². The SMILES string of the molecule is NC(=O)CC[C@H](NC(=O)C1CC[C@@H]2CCCCC(NC(=O)CCc3ccc(OP(=O)(O)O)cc3)C(=O)N12)C(=O)NCc1ccccc1. The van der Waals surface area contributed by atoms with E-state index in [0.717, 1.165) is 30.4 Å². The van der Waals surface area contributed by atoms with E-state index >= 15 is 0 Å². The van der Waals surface area contributed by atoms with Gasteiger partial charge in [0.15, 0.2) is 0 Å². The molecular weight excluding hydrogens is 629 g/mol. The predicted molar refractivity (Wildman–Crippen MR) is 170 cm³/mol. The lowest BCUT2D eigenvalue weighted by atomic mass is 9.98. The van der Waals surface area contributed by atoms with E-state index in [-0.39, 0.29) is 49.4 Å². The molecule has 2 aromatic rings. The summed E-state index contributed by atoms with van der Waals surface area (Å²) in [4.78, 5) is 84.5. The summed E-state index contributed by atoms with van der Waals surface area (Å²) in [5.41, 5.74) is 6.93. The van der Waals surface area contributed by atoms with E-state index in [1.165, 1.54) is 12.1 Å².